The minimum absolute atomic E-state index is 0.0440. The van der Waals surface area contributed by atoms with E-state index in [4.69, 9.17) is 0 Å². The van der Waals surface area contributed by atoms with Crippen LogP contribution in [0.5, 0.6) is 0 Å². The second-order valence-electron chi connectivity index (χ2n) is 6.42. The van der Waals surface area contributed by atoms with E-state index in [0.717, 1.165) is 6.54 Å². The topological polar surface area (TPSA) is 54.5 Å². The highest BCUT2D eigenvalue weighted by Gasteiger charge is 2.23. The molecule has 1 amide bonds. The second-order valence-corrected chi connectivity index (χ2v) is 8.61. The van der Waals surface area contributed by atoms with Gasteiger partial charge in [0.15, 0.2) is 0 Å². The van der Waals surface area contributed by atoms with Gasteiger partial charge in [0.05, 0.1) is 5.75 Å². The van der Waals surface area contributed by atoms with Gasteiger partial charge in [-0.2, -0.15) is 0 Å². The molecule has 0 aromatic carbocycles. The SMILES string of the molecule is CC(CS(C)(=O)=O)C(=O)N(C)CC1CCCCCCC1. The first-order chi connectivity index (χ1) is 9.29. The molecule has 0 heterocycles. The highest BCUT2D eigenvalue weighted by Crippen LogP contribution is 2.23. The van der Waals surface area contributed by atoms with Crippen LogP contribution in [-0.2, 0) is 14.6 Å². The minimum Gasteiger partial charge on any atom is -0.345 e. The third-order valence-corrected chi connectivity index (χ3v) is 5.21. The molecule has 0 spiro atoms. The molecule has 1 rings (SSSR count). The first-order valence-electron chi connectivity index (χ1n) is 7.72. The number of carbonyl (C=O) groups is 1. The van der Waals surface area contributed by atoms with E-state index in [1.165, 1.54) is 51.2 Å². The average Bonchev–Trinajstić information content (AvgIpc) is 2.29. The Kier molecular flexibility index (Phi) is 7.00. The largest absolute Gasteiger partial charge is 0.345 e. The lowest BCUT2D eigenvalue weighted by molar-refractivity contribution is -0.133. The molecular weight excluding hydrogens is 274 g/mol. The Morgan fingerprint density at radius 3 is 2.15 bits per heavy atom. The lowest BCUT2D eigenvalue weighted by atomic mass is 9.90. The molecule has 20 heavy (non-hydrogen) atoms. The summed E-state index contributed by atoms with van der Waals surface area (Å²) in [4.78, 5) is 13.9. The summed E-state index contributed by atoms with van der Waals surface area (Å²) in [5, 5.41) is 0. The van der Waals surface area contributed by atoms with Gasteiger partial charge in [0.25, 0.3) is 0 Å². The van der Waals surface area contributed by atoms with Crippen LogP contribution in [0.15, 0.2) is 0 Å². The quantitative estimate of drug-likeness (QED) is 0.784. The minimum atomic E-state index is -3.09. The van der Waals surface area contributed by atoms with Crippen LogP contribution >= 0.6 is 0 Å². The normalized spacial score (nSPS) is 19.9. The van der Waals surface area contributed by atoms with Gasteiger partial charge in [0.2, 0.25) is 5.91 Å². The maximum Gasteiger partial charge on any atom is 0.226 e. The van der Waals surface area contributed by atoms with Crippen LogP contribution < -0.4 is 0 Å². The van der Waals surface area contributed by atoms with E-state index in [1.54, 1.807) is 18.9 Å². The van der Waals surface area contributed by atoms with E-state index in [2.05, 4.69) is 0 Å². The summed E-state index contributed by atoms with van der Waals surface area (Å²) in [6.45, 7) is 2.48. The molecule has 1 aliphatic carbocycles. The Morgan fingerprint density at radius 1 is 1.15 bits per heavy atom. The Labute approximate surface area is 123 Å². The van der Waals surface area contributed by atoms with E-state index in [-0.39, 0.29) is 11.7 Å². The molecule has 1 atom stereocenters. The zero-order valence-corrected chi connectivity index (χ0v) is 13.9. The van der Waals surface area contributed by atoms with Crippen LogP contribution in [0, 0.1) is 11.8 Å². The summed E-state index contributed by atoms with van der Waals surface area (Å²) in [6.07, 6.45) is 10.0. The number of rotatable bonds is 5. The number of sulfone groups is 1. The molecule has 1 unspecified atom stereocenters. The zero-order chi connectivity index (χ0) is 15.2. The van der Waals surface area contributed by atoms with E-state index >= 15 is 0 Å². The van der Waals surface area contributed by atoms with E-state index in [0.29, 0.717) is 5.92 Å². The highest BCUT2D eigenvalue weighted by atomic mass is 32.2. The van der Waals surface area contributed by atoms with Gasteiger partial charge in [-0.3, -0.25) is 4.79 Å². The van der Waals surface area contributed by atoms with E-state index < -0.39 is 15.8 Å². The fraction of sp³-hybridized carbons (Fsp3) is 0.933. The van der Waals surface area contributed by atoms with Gasteiger partial charge >= 0.3 is 0 Å². The van der Waals surface area contributed by atoms with Crippen LogP contribution in [0.3, 0.4) is 0 Å². The summed E-state index contributed by atoms with van der Waals surface area (Å²) < 4.78 is 22.5. The predicted molar refractivity (Wildman–Crippen MR) is 82.3 cm³/mol. The third-order valence-electron chi connectivity index (χ3n) is 4.11. The second kappa shape index (κ2) is 8.01. The predicted octanol–water partition coefficient (Wildman–Crippen LogP) is 2.49. The fourth-order valence-electron chi connectivity index (χ4n) is 3.10. The smallest absolute Gasteiger partial charge is 0.226 e. The van der Waals surface area contributed by atoms with Crippen molar-refractivity contribution in [2.45, 2.75) is 51.9 Å². The maximum absolute atomic E-state index is 12.2. The molecular formula is C15H29NO3S. The Bertz CT molecular complexity index is 397. The van der Waals surface area contributed by atoms with Crippen molar-refractivity contribution >= 4 is 15.7 Å². The van der Waals surface area contributed by atoms with Crippen LogP contribution in [-0.4, -0.2) is 44.8 Å². The Hall–Kier alpha value is -0.580. The number of hydrogen-bond donors (Lipinski definition) is 0. The van der Waals surface area contributed by atoms with Gasteiger partial charge in [-0.05, 0) is 18.8 Å². The van der Waals surface area contributed by atoms with E-state index in [1.807, 2.05) is 0 Å². The lowest BCUT2D eigenvalue weighted by Crippen LogP contribution is -2.37. The molecule has 0 aliphatic heterocycles. The average molecular weight is 303 g/mol. The summed E-state index contributed by atoms with van der Waals surface area (Å²) in [7, 11) is -1.29. The van der Waals surface area contributed by atoms with Gasteiger partial charge in [-0.1, -0.05) is 39.0 Å². The molecule has 4 nitrogen and oxygen atoms in total. The van der Waals surface area contributed by atoms with Crippen molar-refractivity contribution in [1.29, 1.82) is 0 Å². The van der Waals surface area contributed by atoms with Crippen LogP contribution in [0.25, 0.3) is 0 Å². The first-order valence-corrected chi connectivity index (χ1v) is 9.78. The van der Waals surface area contributed by atoms with E-state index in [9.17, 15) is 13.2 Å². The number of nitrogens with zero attached hydrogens (tertiary/aromatic N) is 1. The van der Waals surface area contributed by atoms with Crippen molar-refractivity contribution < 1.29 is 13.2 Å². The van der Waals surface area contributed by atoms with Gasteiger partial charge in [-0.15, -0.1) is 0 Å². The molecule has 0 aromatic heterocycles. The molecule has 0 N–H and O–H groups in total. The molecule has 0 radical (unpaired) electrons. The van der Waals surface area contributed by atoms with Crippen molar-refractivity contribution in [3.8, 4) is 0 Å². The van der Waals surface area contributed by atoms with Crippen molar-refractivity contribution in [3.05, 3.63) is 0 Å². The molecule has 1 aliphatic rings. The summed E-state index contributed by atoms with van der Waals surface area (Å²) in [5.41, 5.74) is 0. The molecule has 0 bridgehead atoms. The van der Waals surface area contributed by atoms with Crippen molar-refractivity contribution in [3.63, 3.8) is 0 Å². The number of amides is 1. The monoisotopic (exact) mass is 303 g/mol. The van der Waals surface area contributed by atoms with Gasteiger partial charge in [0.1, 0.15) is 9.84 Å². The van der Waals surface area contributed by atoms with Gasteiger partial charge < -0.3 is 4.90 Å². The Balaban J connectivity index is 2.47. The highest BCUT2D eigenvalue weighted by molar-refractivity contribution is 7.90. The molecule has 1 saturated carbocycles. The fourth-order valence-corrected chi connectivity index (χ4v) is 4.15. The number of carbonyl (C=O) groups excluding carboxylic acids is 1. The van der Waals surface area contributed by atoms with Gasteiger partial charge in [0, 0.05) is 25.8 Å². The van der Waals surface area contributed by atoms with Crippen LogP contribution in [0.2, 0.25) is 0 Å². The molecule has 0 aromatic rings. The first kappa shape index (κ1) is 17.5. The Morgan fingerprint density at radius 2 is 1.65 bits per heavy atom. The third kappa shape index (κ3) is 6.73. The van der Waals surface area contributed by atoms with Crippen molar-refractivity contribution in [1.82, 2.24) is 4.90 Å². The summed E-state index contributed by atoms with van der Waals surface area (Å²) in [5.74, 6) is 0.0385. The lowest BCUT2D eigenvalue weighted by Gasteiger charge is -2.27. The van der Waals surface area contributed by atoms with Crippen molar-refractivity contribution in [2.75, 3.05) is 25.6 Å². The van der Waals surface area contributed by atoms with Crippen LogP contribution in [0.4, 0.5) is 0 Å². The van der Waals surface area contributed by atoms with Crippen LogP contribution in [0.1, 0.15) is 51.9 Å². The van der Waals surface area contributed by atoms with Crippen molar-refractivity contribution in [2.24, 2.45) is 11.8 Å². The molecule has 1 fully saturated rings. The summed E-state index contributed by atoms with van der Waals surface area (Å²) in [6, 6.07) is 0. The molecule has 5 heteroatoms. The standard InChI is InChI=1S/C15H29NO3S/c1-13(12-20(3,18)19)15(17)16(2)11-14-9-7-5-4-6-8-10-14/h13-14H,4-12H2,1-3H3. The zero-order valence-electron chi connectivity index (χ0n) is 13.1. The maximum atomic E-state index is 12.2. The number of hydrogen-bond acceptors (Lipinski definition) is 3. The molecule has 118 valence electrons. The molecule has 0 saturated heterocycles. The summed E-state index contributed by atoms with van der Waals surface area (Å²) >= 11 is 0. The van der Waals surface area contributed by atoms with Gasteiger partial charge in [-0.25, -0.2) is 8.42 Å².